The molecule has 6 aromatic rings. The number of benzene rings is 6. The Morgan fingerprint density at radius 1 is 0.389 bits per heavy atom. The van der Waals surface area contributed by atoms with Crippen LogP contribution in [0.3, 0.4) is 0 Å². The van der Waals surface area contributed by atoms with E-state index in [9.17, 15) is 39.0 Å². The summed E-state index contributed by atoms with van der Waals surface area (Å²) in [6, 6.07) is 35.3. The Labute approximate surface area is 305 Å². The van der Waals surface area contributed by atoms with Gasteiger partial charge in [0, 0.05) is 0 Å². The number of rotatable bonds is 9. The molecule has 6 aromatic carbocycles. The van der Waals surface area contributed by atoms with Crippen LogP contribution in [-0.4, -0.2) is 45.8 Å². The van der Waals surface area contributed by atoms with Crippen molar-refractivity contribution in [2.24, 2.45) is 0 Å². The van der Waals surface area contributed by atoms with Crippen molar-refractivity contribution in [2.45, 2.75) is 0 Å². The molecule has 0 saturated carbocycles. The predicted molar refractivity (Wildman–Crippen MR) is 194 cm³/mol. The van der Waals surface area contributed by atoms with E-state index in [1.807, 2.05) is 24.3 Å². The van der Waals surface area contributed by atoms with Crippen LogP contribution in [0.5, 0.6) is 23.0 Å². The number of carboxylic acid groups (broad SMARTS) is 2. The first-order valence-corrected chi connectivity index (χ1v) is 16.3. The summed E-state index contributed by atoms with van der Waals surface area (Å²) >= 11 is 0. The molecule has 0 fully saturated rings. The van der Waals surface area contributed by atoms with E-state index in [4.69, 9.17) is 9.47 Å². The Balaban J connectivity index is 0.883. The number of hydrogen-bond donors (Lipinski definition) is 2. The van der Waals surface area contributed by atoms with Crippen LogP contribution in [-0.2, 0) is 0 Å². The summed E-state index contributed by atoms with van der Waals surface area (Å²) in [6.07, 6.45) is 0. The van der Waals surface area contributed by atoms with Gasteiger partial charge in [0.05, 0.1) is 44.8 Å². The molecule has 2 aliphatic rings. The summed E-state index contributed by atoms with van der Waals surface area (Å²) in [4.78, 5) is 76.4. The van der Waals surface area contributed by atoms with Crippen molar-refractivity contribution in [1.29, 1.82) is 0 Å². The summed E-state index contributed by atoms with van der Waals surface area (Å²) in [5.74, 6) is -2.58. The van der Waals surface area contributed by atoms with Crippen LogP contribution in [0.15, 0.2) is 133 Å². The molecule has 0 aliphatic carbocycles. The van der Waals surface area contributed by atoms with Gasteiger partial charge in [-0.05, 0) is 120 Å². The maximum Gasteiger partial charge on any atom is 0.335 e. The van der Waals surface area contributed by atoms with E-state index in [0.717, 1.165) is 20.9 Å². The lowest BCUT2D eigenvalue weighted by molar-refractivity contribution is 0.0686. The molecule has 0 atom stereocenters. The van der Waals surface area contributed by atoms with Crippen LogP contribution < -0.4 is 19.3 Å². The molecule has 2 N–H and O–H groups in total. The second kappa shape index (κ2) is 13.0. The largest absolute Gasteiger partial charge is 0.478 e. The molecular formula is C42H24N2O10. The van der Waals surface area contributed by atoms with Crippen molar-refractivity contribution in [1.82, 2.24) is 0 Å². The van der Waals surface area contributed by atoms with Crippen molar-refractivity contribution in [3.05, 3.63) is 167 Å². The number of nitrogens with zero attached hydrogens (tertiary/aromatic N) is 2. The van der Waals surface area contributed by atoms with Gasteiger partial charge in [-0.15, -0.1) is 0 Å². The van der Waals surface area contributed by atoms with Crippen LogP contribution in [0.4, 0.5) is 11.4 Å². The first kappa shape index (κ1) is 33.3. The van der Waals surface area contributed by atoms with Crippen LogP contribution in [0.25, 0.3) is 11.1 Å². The zero-order valence-corrected chi connectivity index (χ0v) is 27.8. The van der Waals surface area contributed by atoms with Crippen LogP contribution in [0.2, 0.25) is 0 Å². The Morgan fingerprint density at radius 3 is 1.00 bits per heavy atom. The average Bonchev–Trinajstić information content (AvgIpc) is 3.59. The molecule has 262 valence electrons. The number of carbonyl (C=O) groups is 6. The molecule has 0 radical (unpaired) electrons. The van der Waals surface area contributed by atoms with Gasteiger partial charge in [-0.1, -0.05) is 24.3 Å². The van der Waals surface area contributed by atoms with Gasteiger partial charge >= 0.3 is 11.9 Å². The van der Waals surface area contributed by atoms with Crippen molar-refractivity contribution in [2.75, 3.05) is 9.80 Å². The fourth-order valence-corrected chi connectivity index (χ4v) is 6.25. The van der Waals surface area contributed by atoms with Crippen molar-refractivity contribution in [3.8, 4) is 34.1 Å². The number of imide groups is 2. The summed E-state index contributed by atoms with van der Waals surface area (Å²) in [6.45, 7) is 0. The molecule has 12 heteroatoms. The molecule has 12 nitrogen and oxygen atoms in total. The number of carboxylic acids is 2. The zero-order valence-electron chi connectivity index (χ0n) is 27.8. The molecule has 0 aromatic heterocycles. The second-order valence-electron chi connectivity index (χ2n) is 12.3. The minimum absolute atomic E-state index is 0.0405. The highest BCUT2D eigenvalue weighted by Gasteiger charge is 2.38. The van der Waals surface area contributed by atoms with Crippen LogP contribution in [0.1, 0.15) is 62.1 Å². The number of anilines is 2. The molecule has 0 saturated heterocycles. The van der Waals surface area contributed by atoms with E-state index in [-0.39, 0.29) is 33.4 Å². The Morgan fingerprint density at radius 2 is 0.685 bits per heavy atom. The predicted octanol–water partition coefficient (Wildman–Crippen LogP) is 7.94. The lowest BCUT2D eigenvalue weighted by Gasteiger charge is -2.15. The van der Waals surface area contributed by atoms with Gasteiger partial charge in [0.2, 0.25) is 0 Å². The average molecular weight is 717 g/mol. The summed E-state index contributed by atoms with van der Waals surface area (Å²) in [7, 11) is 0. The van der Waals surface area contributed by atoms with E-state index in [1.165, 1.54) is 36.4 Å². The third-order valence-electron chi connectivity index (χ3n) is 8.97. The Bertz CT molecular complexity index is 2380. The van der Waals surface area contributed by atoms with E-state index in [2.05, 4.69) is 0 Å². The normalized spacial score (nSPS) is 13.2. The number of aromatic carboxylic acids is 2. The fraction of sp³-hybridized carbons (Fsp3) is 0. The highest BCUT2D eigenvalue weighted by atomic mass is 16.5. The molecule has 2 heterocycles. The molecule has 0 spiro atoms. The van der Waals surface area contributed by atoms with Crippen LogP contribution in [0, 0.1) is 0 Å². The lowest BCUT2D eigenvalue weighted by atomic mass is 10.1. The van der Waals surface area contributed by atoms with Gasteiger partial charge < -0.3 is 19.7 Å². The van der Waals surface area contributed by atoms with E-state index < -0.39 is 35.6 Å². The molecule has 2 aliphatic heterocycles. The molecule has 0 bridgehead atoms. The van der Waals surface area contributed by atoms with Gasteiger partial charge in [-0.2, -0.15) is 0 Å². The minimum atomic E-state index is -1.19. The third-order valence-corrected chi connectivity index (χ3v) is 8.97. The SMILES string of the molecule is O=C(O)c1ccc2c(c1)C(=O)N(c1ccc(Oc3ccc(-c4ccc(Oc5ccc(N6C(=O)c7ccc(C(=O)O)cc7C6=O)cc5)cc4)cc3)cc1)C2=O. The van der Waals surface area contributed by atoms with E-state index >= 15 is 0 Å². The number of hydrogen-bond acceptors (Lipinski definition) is 8. The maximum absolute atomic E-state index is 13.0. The Hall–Kier alpha value is -7.86. The van der Waals surface area contributed by atoms with Gasteiger partial charge in [-0.3, -0.25) is 19.2 Å². The molecular weight excluding hydrogens is 692 g/mol. The molecule has 4 amide bonds. The van der Waals surface area contributed by atoms with Crippen molar-refractivity contribution < 1.29 is 48.5 Å². The maximum atomic E-state index is 13.0. The minimum Gasteiger partial charge on any atom is -0.478 e. The van der Waals surface area contributed by atoms with Crippen LogP contribution >= 0.6 is 0 Å². The lowest BCUT2D eigenvalue weighted by Crippen LogP contribution is -2.29. The Kier molecular flexibility index (Phi) is 8.04. The van der Waals surface area contributed by atoms with E-state index in [1.54, 1.807) is 72.8 Å². The standard InChI is InChI=1S/C42H24N2O10/c45-37-33-19-5-25(41(49)50)21-35(33)39(47)43(37)27-7-15-31(16-8-27)53-29-11-1-23(2-12-29)24-3-13-30(14-4-24)54-32-17-9-28(10-18-32)44-38(46)34-20-6-26(42(51)52)22-36(34)40(44)48/h1-22H,(H,49,50)(H,51,52). The van der Waals surface area contributed by atoms with Crippen molar-refractivity contribution >= 4 is 46.9 Å². The number of ether oxygens (including phenoxy) is 2. The summed E-state index contributed by atoms with van der Waals surface area (Å²) in [5.41, 5.74) is 2.70. The monoisotopic (exact) mass is 716 g/mol. The zero-order chi connectivity index (χ0) is 37.7. The first-order chi connectivity index (χ1) is 26.0. The van der Waals surface area contributed by atoms with Gasteiger partial charge in [-0.25, -0.2) is 19.4 Å². The fourth-order valence-electron chi connectivity index (χ4n) is 6.25. The number of fused-ring (bicyclic) bond motifs is 2. The van der Waals surface area contributed by atoms with Crippen molar-refractivity contribution in [3.63, 3.8) is 0 Å². The molecule has 0 unspecified atom stereocenters. The van der Waals surface area contributed by atoms with E-state index in [0.29, 0.717) is 34.4 Å². The van der Waals surface area contributed by atoms with Gasteiger partial charge in [0.15, 0.2) is 0 Å². The van der Waals surface area contributed by atoms with Gasteiger partial charge in [0.25, 0.3) is 23.6 Å². The first-order valence-electron chi connectivity index (χ1n) is 16.3. The quantitative estimate of drug-likeness (QED) is 0.140. The smallest absolute Gasteiger partial charge is 0.335 e. The third kappa shape index (κ3) is 5.89. The number of amides is 4. The number of carbonyl (C=O) groups excluding carboxylic acids is 4. The topological polar surface area (TPSA) is 168 Å². The summed E-state index contributed by atoms with van der Waals surface area (Å²) < 4.78 is 12.0. The highest BCUT2D eigenvalue weighted by molar-refractivity contribution is 6.35. The summed E-state index contributed by atoms with van der Waals surface area (Å²) in [5, 5.41) is 18.5. The highest BCUT2D eigenvalue weighted by Crippen LogP contribution is 2.34. The molecule has 54 heavy (non-hydrogen) atoms. The second-order valence-corrected chi connectivity index (χ2v) is 12.3. The van der Waals surface area contributed by atoms with Gasteiger partial charge in [0.1, 0.15) is 23.0 Å². The molecule has 8 rings (SSSR count).